The first kappa shape index (κ1) is 27.1. The van der Waals surface area contributed by atoms with Gasteiger partial charge in [0.1, 0.15) is 23.5 Å². The molecule has 0 amide bonds. The molecule has 4 heterocycles. The molecule has 38 heavy (non-hydrogen) atoms. The van der Waals surface area contributed by atoms with E-state index >= 15 is 0 Å². The van der Waals surface area contributed by atoms with Crippen molar-refractivity contribution in [2.45, 2.75) is 61.7 Å². The highest BCUT2D eigenvalue weighted by Crippen LogP contribution is 2.40. The molecule has 3 aromatic rings. The van der Waals surface area contributed by atoms with Gasteiger partial charge in [-0.05, 0) is 43.4 Å². The normalized spacial score (nSPS) is 22.2. The zero-order valence-electron chi connectivity index (χ0n) is 20.3. The van der Waals surface area contributed by atoms with Gasteiger partial charge in [0.15, 0.2) is 21.3 Å². The van der Waals surface area contributed by atoms with Gasteiger partial charge in [0, 0.05) is 25.3 Å². The number of halogens is 5. The van der Waals surface area contributed by atoms with E-state index in [-0.39, 0.29) is 45.4 Å². The molecule has 2 fully saturated rings. The Balaban J connectivity index is 1.56. The van der Waals surface area contributed by atoms with E-state index in [0.29, 0.717) is 18.6 Å². The van der Waals surface area contributed by atoms with Crippen molar-refractivity contribution in [1.82, 2.24) is 14.5 Å². The van der Waals surface area contributed by atoms with Crippen LogP contribution in [0.25, 0.3) is 11.2 Å². The average molecular weight is 577 g/mol. The van der Waals surface area contributed by atoms with Crippen LogP contribution in [-0.2, 0) is 19.3 Å². The first-order valence-electron chi connectivity index (χ1n) is 12.0. The molecule has 2 aliphatic rings. The summed E-state index contributed by atoms with van der Waals surface area (Å²) >= 11 is 6.25. The summed E-state index contributed by atoms with van der Waals surface area (Å²) in [5.74, 6) is -3.46. The van der Waals surface area contributed by atoms with Crippen molar-refractivity contribution in [3.05, 3.63) is 40.8 Å². The number of nitrogens with one attached hydrogen (secondary N) is 1. The molecule has 0 saturated carbocycles. The van der Waals surface area contributed by atoms with Crippen molar-refractivity contribution in [3.8, 4) is 0 Å². The Morgan fingerprint density at radius 3 is 2.55 bits per heavy atom. The fraction of sp³-hybridized carbons (Fsp3) is 0.500. The lowest BCUT2D eigenvalue weighted by atomic mass is 9.99. The highest BCUT2D eigenvalue weighted by atomic mass is 35.5. The maximum absolute atomic E-state index is 14.0. The minimum atomic E-state index is -3.81. The Morgan fingerprint density at radius 1 is 1.13 bits per heavy atom. The SMILES string of the molecule is CS(=O)(=O)c1cc(C2CCC(F)(F)CO2)ccc1Nc1cc(Cl)nc2c1nc(C(F)F)n2C1CCCCO1. The highest BCUT2D eigenvalue weighted by molar-refractivity contribution is 7.90. The van der Waals surface area contributed by atoms with Crippen LogP contribution in [-0.4, -0.2) is 48.3 Å². The van der Waals surface area contributed by atoms with Crippen LogP contribution in [0, 0.1) is 0 Å². The van der Waals surface area contributed by atoms with Gasteiger partial charge in [-0.1, -0.05) is 17.7 Å². The number of aromatic nitrogens is 3. The van der Waals surface area contributed by atoms with E-state index in [2.05, 4.69) is 15.3 Å². The van der Waals surface area contributed by atoms with Crippen molar-refractivity contribution in [2.75, 3.05) is 24.8 Å². The maximum atomic E-state index is 14.0. The molecule has 0 bridgehead atoms. The number of nitrogens with zero attached hydrogens (tertiary/aromatic N) is 3. The third-order valence-electron chi connectivity index (χ3n) is 6.60. The van der Waals surface area contributed by atoms with Crippen LogP contribution >= 0.6 is 11.6 Å². The number of ether oxygens (including phenoxy) is 2. The molecule has 0 aliphatic carbocycles. The van der Waals surface area contributed by atoms with Crippen LogP contribution < -0.4 is 5.32 Å². The number of anilines is 2. The van der Waals surface area contributed by atoms with Gasteiger partial charge in [0.2, 0.25) is 0 Å². The second-order valence-electron chi connectivity index (χ2n) is 9.47. The molecule has 5 rings (SSSR count). The number of fused-ring (bicyclic) bond motifs is 1. The first-order chi connectivity index (χ1) is 17.9. The molecule has 14 heteroatoms. The van der Waals surface area contributed by atoms with Crippen LogP contribution in [0.2, 0.25) is 5.15 Å². The number of hydrogen-bond donors (Lipinski definition) is 1. The molecule has 2 unspecified atom stereocenters. The fourth-order valence-corrected chi connectivity index (χ4v) is 5.85. The van der Waals surface area contributed by atoms with Gasteiger partial charge in [-0.2, -0.15) is 0 Å². The molecule has 0 spiro atoms. The molecule has 2 aromatic heterocycles. The molecule has 1 aromatic carbocycles. The number of alkyl halides is 4. The predicted octanol–water partition coefficient (Wildman–Crippen LogP) is 6.36. The summed E-state index contributed by atoms with van der Waals surface area (Å²) in [5.41, 5.74) is 0.880. The summed E-state index contributed by atoms with van der Waals surface area (Å²) in [4.78, 5) is 8.24. The van der Waals surface area contributed by atoms with E-state index < -0.39 is 46.9 Å². The molecular weight excluding hydrogens is 552 g/mol. The van der Waals surface area contributed by atoms with Crippen LogP contribution in [0.4, 0.5) is 28.9 Å². The average Bonchev–Trinajstić information content (AvgIpc) is 3.24. The standard InChI is InChI=1S/C24H25ClF4N4O4S/c1-38(34,35)17-10-13(16-7-8-24(28,29)12-37-16)5-6-14(17)30-15-11-18(25)31-22-20(15)32-23(21(26)27)33(22)19-4-2-3-9-36-19/h5-6,10-11,16,19,21H,2-4,7-9,12H2,1H3,(H,30,31). The van der Waals surface area contributed by atoms with Gasteiger partial charge in [-0.3, -0.25) is 4.57 Å². The third kappa shape index (κ3) is 5.47. The van der Waals surface area contributed by atoms with Crippen molar-refractivity contribution >= 4 is 44.0 Å². The van der Waals surface area contributed by atoms with Crippen LogP contribution in [0.3, 0.4) is 0 Å². The van der Waals surface area contributed by atoms with E-state index in [0.717, 1.165) is 19.1 Å². The molecular formula is C24H25ClF4N4O4S. The second-order valence-corrected chi connectivity index (χ2v) is 11.8. The van der Waals surface area contributed by atoms with Gasteiger partial charge in [-0.25, -0.2) is 35.9 Å². The van der Waals surface area contributed by atoms with E-state index in [1.165, 1.54) is 22.8 Å². The largest absolute Gasteiger partial charge is 0.367 e. The fourth-order valence-electron chi connectivity index (χ4n) is 4.79. The summed E-state index contributed by atoms with van der Waals surface area (Å²) in [6.07, 6.45) is -1.55. The molecule has 206 valence electrons. The van der Waals surface area contributed by atoms with Crippen molar-refractivity contribution in [1.29, 1.82) is 0 Å². The Labute approximate surface area is 221 Å². The summed E-state index contributed by atoms with van der Waals surface area (Å²) < 4.78 is 92.7. The predicted molar refractivity (Wildman–Crippen MR) is 132 cm³/mol. The number of pyridine rings is 1. The number of imidazole rings is 1. The summed E-state index contributed by atoms with van der Waals surface area (Å²) in [6, 6.07) is 5.77. The Morgan fingerprint density at radius 2 is 1.92 bits per heavy atom. The van der Waals surface area contributed by atoms with E-state index in [9.17, 15) is 26.0 Å². The molecule has 8 nitrogen and oxygen atoms in total. The Bertz CT molecular complexity index is 1450. The van der Waals surface area contributed by atoms with Crippen LogP contribution in [0.5, 0.6) is 0 Å². The highest BCUT2D eigenvalue weighted by Gasteiger charge is 2.37. The van der Waals surface area contributed by atoms with Gasteiger partial charge >= 0.3 is 0 Å². The van der Waals surface area contributed by atoms with Gasteiger partial charge in [-0.15, -0.1) is 0 Å². The topological polar surface area (TPSA) is 95.3 Å². The summed E-state index contributed by atoms with van der Waals surface area (Å²) in [7, 11) is -3.81. The van der Waals surface area contributed by atoms with Gasteiger partial charge in [0.05, 0.1) is 22.4 Å². The zero-order valence-corrected chi connectivity index (χ0v) is 21.8. The van der Waals surface area contributed by atoms with Crippen LogP contribution in [0.15, 0.2) is 29.2 Å². The minimum absolute atomic E-state index is 0.0214. The Kier molecular flexibility index (Phi) is 7.31. The van der Waals surface area contributed by atoms with Crippen molar-refractivity contribution in [2.24, 2.45) is 0 Å². The Hall–Kier alpha value is -2.48. The summed E-state index contributed by atoms with van der Waals surface area (Å²) in [5, 5.41) is 2.94. The monoisotopic (exact) mass is 576 g/mol. The number of sulfone groups is 1. The van der Waals surface area contributed by atoms with Gasteiger partial charge < -0.3 is 14.8 Å². The zero-order chi connectivity index (χ0) is 27.2. The smallest absolute Gasteiger partial charge is 0.295 e. The first-order valence-corrected chi connectivity index (χ1v) is 14.3. The lowest BCUT2D eigenvalue weighted by Crippen LogP contribution is -2.31. The van der Waals surface area contributed by atoms with E-state index in [4.69, 9.17) is 21.1 Å². The quantitative estimate of drug-likeness (QED) is 0.270. The molecule has 1 N–H and O–H groups in total. The third-order valence-corrected chi connectivity index (χ3v) is 7.93. The lowest BCUT2D eigenvalue weighted by Gasteiger charge is -2.29. The lowest BCUT2D eigenvalue weighted by molar-refractivity contribution is -0.145. The number of rotatable bonds is 6. The van der Waals surface area contributed by atoms with E-state index in [1.807, 2.05) is 0 Å². The minimum Gasteiger partial charge on any atom is -0.367 e. The number of hydrogen-bond acceptors (Lipinski definition) is 7. The molecule has 0 radical (unpaired) electrons. The van der Waals surface area contributed by atoms with Crippen molar-refractivity contribution in [3.63, 3.8) is 0 Å². The molecule has 2 atom stereocenters. The summed E-state index contributed by atoms with van der Waals surface area (Å²) in [6.45, 7) is -0.343. The van der Waals surface area contributed by atoms with Crippen LogP contribution in [0.1, 0.15) is 62.2 Å². The van der Waals surface area contributed by atoms with Gasteiger partial charge in [0.25, 0.3) is 12.3 Å². The molecule has 2 saturated heterocycles. The van der Waals surface area contributed by atoms with Crippen molar-refractivity contribution < 1.29 is 35.5 Å². The number of benzene rings is 1. The second kappa shape index (κ2) is 10.2. The van der Waals surface area contributed by atoms with E-state index in [1.54, 1.807) is 6.07 Å². The maximum Gasteiger partial charge on any atom is 0.295 e. The molecule has 2 aliphatic heterocycles.